The van der Waals surface area contributed by atoms with E-state index < -0.39 is 0 Å². The molecule has 0 atom stereocenters. The summed E-state index contributed by atoms with van der Waals surface area (Å²) >= 11 is 0. The molecule has 0 bridgehead atoms. The Morgan fingerprint density at radius 3 is 2.68 bits per heavy atom. The fraction of sp³-hybridized carbons (Fsp3) is 0.200. The summed E-state index contributed by atoms with van der Waals surface area (Å²) in [6.07, 6.45) is 0.810. The lowest BCUT2D eigenvalue weighted by molar-refractivity contribution is 0.315. The number of hydrogen-bond donors (Lipinski definition) is 2. The monoisotopic (exact) mass is 260 g/mol. The van der Waals surface area contributed by atoms with Crippen LogP contribution in [0.4, 0.5) is 15.8 Å². The zero-order valence-electron chi connectivity index (χ0n) is 10.6. The number of anilines is 2. The minimum absolute atomic E-state index is 0.294. The second kappa shape index (κ2) is 6.64. The summed E-state index contributed by atoms with van der Waals surface area (Å²) in [4.78, 5) is 0. The zero-order chi connectivity index (χ0) is 13.5. The lowest BCUT2D eigenvalue weighted by atomic mass is 10.2. The highest BCUT2D eigenvalue weighted by molar-refractivity contribution is 5.65. The first-order chi connectivity index (χ1) is 9.25. The van der Waals surface area contributed by atoms with Gasteiger partial charge in [0.2, 0.25) is 0 Å². The molecule has 19 heavy (non-hydrogen) atoms. The van der Waals surface area contributed by atoms with Crippen molar-refractivity contribution in [3.05, 3.63) is 54.3 Å². The Hall–Kier alpha value is -2.23. The Morgan fingerprint density at radius 2 is 1.89 bits per heavy atom. The smallest absolute Gasteiger partial charge is 0.125 e. The minimum Gasteiger partial charge on any atom is -0.494 e. The molecule has 100 valence electrons. The molecule has 0 radical (unpaired) electrons. The number of benzene rings is 2. The number of rotatable bonds is 6. The van der Waals surface area contributed by atoms with Crippen LogP contribution < -0.4 is 15.8 Å². The van der Waals surface area contributed by atoms with Crippen LogP contribution in [0.5, 0.6) is 5.75 Å². The number of nitrogens with one attached hydrogen (secondary N) is 1. The van der Waals surface area contributed by atoms with Crippen LogP contribution in [0.25, 0.3) is 0 Å². The molecule has 0 saturated heterocycles. The van der Waals surface area contributed by atoms with Gasteiger partial charge in [0.1, 0.15) is 11.6 Å². The molecule has 4 heteroatoms. The molecule has 0 heterocycles. The van der Waals surface area contributed by atoms with Gasteiger partial charge in [-0.15, -0.1) is 0 Å². The average Bonchev–Trinajstić information content (AvgIpc) is 2.43. The molecule has 0 aromatic heterocycles. The molecular formula is C15H17FN2O. The summed E-state index contributed by atoms with van der Waals surface area (Å²) in [7, 11) is 0. The third-order valence-corrected chi connectivity index (χ3v) is 2.66. The first kappa shape index (κ1) is 13.2. The Balaban J connectivity index is 1.71. The Kier molecular flexibility index (Phi) is 4.61. The van der Waals surface area contributed by atoms with E-state index in [-0.39, 0.29) is 5.82 Å². The van der Waals surface area contributed by atoms with Crippen molar-refractivity contribution in [3.8, 4) is 5.75 Å². The van der Waals surface area contributed by atoms with E-state index in [1.54, 1.807) is 6.07 Å². The number of ether oxygens (including phenoxy) is 1. The summed E-state index contributed by atoms with van der Waals surface area (Å²) in [5.41, 5.74) is 6.91. The molecule has 0 amide bonds. The maximum Gasteiger partial charge on any atom is 0.125 e. The zero-order valence-corrected chi connectivity index (χ0v) is 10.6. The molecule has 3 N–H and O–H groups in total. The first-order valence-corrected chi connectivity index (χ1v) is 6.22. The maximum atomic E-state index is 13.0. The molecule has 0 aliphatic heterocycles. The number of nitrogens with two attached hydrogens (primary N) is 1. The van der Waals surface area contributed by atoms with E-state index in [1.807, 2.05) is 30.3 Å². The summed E-state index contributed by atoms with van der Waals surface area (Å²) in [6.45, 7) is 1.28. The van der Waals surface area contributed by atoms with Gasteiger partial charge in [-0.3, -0.25) is 0 Å². The molecule has 2 aromatic rings. The van der Waals surface area contributed by atoms with Gasteiger partial charge in [0.25, 0.3) is 0 Å². The van der Waals surface area contributed by atoms with E-state index in [9.17, 15) is 4.39 Å². The van der Waals surface area contributed by atoms with Crippen molar-refractivity contribution in [2.45, 2.75) is 6.42 Å². The third kappa shape index (κ3) is 4.17. The van der Waals surface area contributed by atoms with Gasteiger partial charge in [-0.05, 0) is 36.8 Å². The Morgan fingerprint density at radius 1 is 1.11 bits per heavy atom. The number of halogens is 1. The van der Waals surface area contributed by atoms with Crippen molar-refractivity contribution in [1.82, 2.24) is 0 Å². The summed E-state index contributed by atoms with van der Waals surface area (Å²) in [6, 6.07) is 13.9. The van der Waals surface area contributed by atoms with Gasteiger partial charge in [-0.25, -0.2) is 4.39 Å². The molecule has 0 unspecified atom stereocenters. The third-order valence-electron chi connectivity index (χ3n) is 2.66. The van der Waals surface area contributed by atoms with Crippen LogP contribution in [0.2, 0.25) is 0 Å². The highest BCUT2D eigenvalue weighted by Crippen LogP contribution is 2.18. The Labute approximate surface area is 112 Å². The van der Waals surface area contributed by atoms with E-state index in [0.29, 0.717) is 24.5 Å². The lowest BCUT2D eigenvalue weighted by Crippen LogP contribution is -2.08. The molecule has 2 aromatic carbocycles. The van der Waals surface area contributed by atoms with Crippen molar-refractivity contribution < 1.29 is 9.13 Å². The second-order valence-corrected chi connectivity index (χ2v) is 4.17. The van der Waals surface area contributed by atoms with Gasteiger partial charge in [-0.2, -0.15) is 0 Å². The largest absolute Gasteiger partial charge is 0.494 e. The minimum atomic E-state index is -0.294. The van der Waals surface area contributed by atoms with E-state index in [4.69, 9.17) is 10.5 Å². The topological polar surface area (TPSA) is 47.3 Å². The van der Waals surface area contributed by atoms with Crippen molar-refractivity contribution >= 4 is 11.4 Å². The molecule has 3 nitrogen and oxygen atoms in total. The van der Waals surface area contributed by atoms with Gasteiger partial charge in [0.15, 0.2) is 0 Å². The van der Waals surface area contributed by atoms with Crippen LogP contribution in [0.1, 0.15) is 6.42 Å². The second-order valence-electron chi connectivity index (χ2n) is 4.17. The molecule has 0 saturated carbocycles. The predicted molar refractivity (Wildman–Crippen MR) is 75.9 cm³/mol. The molecule has 0 aliphatic carbocycles. The number of nitrogen functional groups attached to an aromatic ring is 1. The van der Waals surface area contributed by atoms with Crippen molar-refractivity contribution in [2.24, 2.45) is 0 Å². The van der Waals surface area contributed by atoms with Crippen LogP contribution in [0.3, 0.4) is 0 Å². The predicted octanol–water partition coefficient (Wildman–Crippen LogP) is 3.29. The fourth-order valence-electron chi connectivity index (χ4n) is 1.68. The summed E-state index contributed by atoms with van der Waals surface area (Å²) in [5.74, 6) is 0.560. The van der Waals surface area contributed by atoms with Crippen LogP contribution in [0, 0.1) is 5.82 Å². The van der Waals surface area contributed by atoms with Gasteiger partial charge < -0.3 is 15.8 Å². The molecule has 0 aliphatic rings. The van der Waals surface area contributed by atoms with Crippen molar-refractivity contribution in [3.63, 3.8) is 0 Å². The van der Waals surface area contributed by atoms with Gasteiger partial charge in [-0.1, -0.05) is 18.2 Å². The Bertz CT molecular complexity index is 517. The highest BCUT2D eigenvalue weighted by atomic mass is 19.1. The first-order valence-electron chi connectivity index (χ1n) is 6.22. The SMILES string of the molecule is Nc1ccc(F)cc1NCCCOc1ccccc1. The fourth-order valence-corrected chi connectivity index (χ4v) is 1.68. The van der Waals surface area contributed by atoms with Gasteiger partial charge in [0.05, 0.1) is 18.0 Å². The molecule has 2 rings (SSSR count). The molecule has 0 spiro atoms. The van der Waals surface area contributed by atoms with E-state index >= 15 is 0 Å². The summed E-state index contributed by atoms with van der Waals surface area (Å²) in [5, 5.41) is 3.10. The van der Waals surface area contributed by atoms with Gasteiger partial charge >= 0.3 is 0 Å². The van der Waals surface area contributed by atoms with E-state index in [2.05, 4.69) is 5.32 Å². The maximum absolute atomic E-state index is 13.0. The van der Waals surface area contributed by atoms with Crippen LogP contribution in [-0.4, -0.2) is 13.2 Å². The normalized spacial score (nSPS) is 10.2. The average molecular weight is 260 g/mol. The van der Waals surface area contributed by atoms with Crippen molar-refractivity contribution in [1.29, 1.82) is 0 Å². The standard InChI is InChI=1S/C15H17FN2O/c16-12-7-8-14(17)15(11-12)18-9-4-10-19-13-5-2-1-3-6-13/h1-3,5-8,11,18H,4,9-10,17H2. The lowest BCUT2D eigenvalue weighted by Gasteiger charge is -2.10. The number of para-hydroxylation sites is 1. The quantitative estimate of drug-likeness (QED) is 0.619. The summed E-state index contributed by atoms with van der Waals surface area (Å²) < 4.78 is 18.6. The van der Waals surface area contributed by atoms with Crippen molar-refractivity contribution in [2.75, 3.05) is 24.2 Å². The van der Waals surface area contributed by atoms with Crippen LogP contribution in [-0.2, 0) is 0 Å². The van der Waals surface area contributed by atoms with E-state index in [0.717, 1.165) is 12.2 Å². The van der Waals surface area contributed by atoms with Crippen LogP contribution in [0.15, 0.2) is 48.5 Å². The van der Waals surface area contributed by atoms with Gasteiger partial charge in [0, 0.05) is 6.54 Å². The van der Waals surface area contributed by atoms with E-state index in [1.165, 1.54) is 12.1 Å². The number of hydrogen-bond acceptors (Lipinski definition) is 3. The molecule has 0 fully saturated rings. The van der Waals surface area contributed by atoms with Crippen LogP contribution >= 0.6 is 0 Å². The highest BCUT2D eigenvalue weighted by Gasteiger charge is 2.00. The molecular weight excluding hydrogens is 243 g/mol.